The summed E-state index contributed by atoms with van der Waals surface area (Å²) < 4.78 is 5.35. The zero-order valence-corrected chi connectivity index (χ0v) is 16.1. The molecule has 1 aromatic carbocycles. The van der Waals surface area contributed by atoms with E-state index in [1.807, 2.05) is 35.6 Å². The van der Waals surface area contributed by atoms with Crippen molar-refractivity contribution in [3.05, 3.63) is 52.2 Å². The highest BCUT2D eigenvalue weighted by Gasteiger charge is 2.19. The molecular weight excluding hydrogens is 346 g/mol. The number of thiophene rings is 1. The topological polar surface area (TPSA) is 44.8 Å². The van der Waals surface area contributed by atoms with Gasteiger partial charge >= 0.3 is 0 Å². The van der Waals surface area contributed by atoms with Crippen molar-refractivity contribution in [1.29, 1.82) is 0 Å². The predicted molar refractivity (Wildman–Crippen MR) is 106 cm³/mol. The molecule has 3 rings (SSSR count). The molecule has 1 aliphatic heterocycles. The van der Waals surface area contributed by atoms with Crippen LogP contribution in [0.4, 0.5) is 0 Å². The van der Waals surface area contributed by atoms with Crippen LogP contribution in [-0.4, -0.2) is 62.1 Å². The molecule has 1 saturated heterocycles. The van der Waals surface area contributed by atoms with Gasteiger partial charge in [-0.15, -0.1) is 11.3 Å². The molecule has 6 heteroatoms. The van der Waals surface area contributed by atoms with Crippen LogP contribution in [-0.2, 0) is 17.8 Å². The van der Waals surface area contributed by atoms with Crippen LogP contribution < -0.4 is 10.1 Å². The average molecular weight is 374 g/mol. The van der Waals surface area contributed by atoms with E-state index in [1.54, 1.807) is 7.11 Å². The van der Waals surface area contributed by atoms with Crippen molar-refractivity contribution in [2.75, 3.05) is 46.4 Å². The lowest BCUT2D eigenvalue weighted by Crippen LogP contribution is -2.49. The summed E-state index contributed by atoms with van der Waals surface area (Å²) in [6, 6.07) is 12.2. The van der Waals surface area contributed by atoms with Crippen molar-refractivity contribution in [3.63, 3.8) is 0 Å². The standard InChI is InChI=1S/C20H27N3O2S/c1-25-19-7-3-2-5-17(19)8-9-21-20(24)16-23-12-10-22(11-13-23)15-18-6-4-14-26-18/h2-7,14H,8-13,15-16H2,1H3,(H,21,24). The summed E-state index contributed by atoms with van der Waals surface area (Å²) in [4.78, 5) is 18.3. The first-order chi connectivity index (χ1) is 12.7. The van der Waals surface area contributed by atoms with Gasteiger partial charge in [-0.1, -0.05) is 24.3 Å². The van der Waals surface area contributed by atoms with Gasteiger partial charge in [-0.2, -0.15) is 0 Å². The molecule has 1 amide bonds. The van der Waals surface area contributed by atoms with E-state index in [1.165, 1.54) is 4.88 Å². The molecule has 0 aliphatic carbocycles. The third kappa shape index (κ3) is 5.56. The van der Waals surface area contributed by atoms with Crippen LogP contribution in [0.1, 0.15) is 10.4 Å². The van der Waals surface area contributed by atoms with Crippen LogP contribution in [0.5, 0.6) is 5.75 Å². The van der Waals surface area contributed by atoms with Crippen LogP contribution in [0.2, 0.25) is 0 Å². The Labute approximate surface area is 159 Å². The quantitative estimate of drug-likeness (QED) is 0.771. The molecule has 0 saturated carbocycles. The summed E-state index contributed by atoms with van der Waals surface area (Å²) in [5.74, 6) is 0.982. The smallest absolute Gasteiger partial charge is 0.234 e. The van der Waals surface area contributed by atoms with Gasteiger partial charge in [-0.25, -0.2) is 0 Å². The van der Waals surface area contributed by atoms with Gasteiger partial charge in [0.25, 0.3) is 0 Å². The molecule has 2 heterocycles. The van der Waals surface area contributed by atoms with Crippen molar-refractivity contribution < 1.29 is 9.53 Å². The lowest BCUT2D eigenvalue weighted by atomic mass is 10.1. The molecule has 5 nitrogen and oxygen atoms in total. The number of piperazine rings is 1. The van der Waals surface area contributed by atoms with Crippen LogP contribution in [0.3, 0.4) is 0 Å². The number of ether oxygens (including phenoxy) is 1. The van der Waals surface area contributed by atoms with Gasteiger partial charge in [0.15, 0.2) is 0 Å². The Bertz CT molecular complexity index is 682. The van der Waals surface area contributed by atoms with E-state index in [0.29, 0.717) is 13.1 Å². The normalized spacial score (nSPS) is 15.7. The number of amides is 1. The molecular formula is C20H27N3O2S. The maximum Gasteiger partial charge on any atom is 0.234 e. The Morgan fingerprint density at radius 1 is 1.12 bits per heavy atom. The Morgan fingerprint density at radius 2 is 1.88 bits per heavy atom. The maximum atomic E-state index is 12.2. The molecule has 1 N–H and O–H groups in total. The summed E-state index contributed by atoms with van der Waals surface area (Å²) in [6.45, 7) is 6.09. The summed E-state index contributed by atoms with van der Waals surface area (Å²) in [5.41, 5.74) is 1.12. The number of rotatable bonds is 8. The predicted octanol–water partition coefficient (Wildman–Crippen LogP) is 2.23. The fraction of sp³-hybridized carbons (Fsp3) is 0.450. The van der Waals surface area contributed by atoms with Gasteiger partial charge in [0.05, 0.1) is 13.7 Å². The van der Waals surface area contributed by atoms with Crippen LogP contribution >= 0.6 is 11.3 Å². The highest BCUT2D eigenvalue weighted by molar-refractivity contribution is 7.09. The number of hydrogen-bond donors (Lipinski definition) is 1. The van der Waals surface area contributed by atoms with Crippen molar-refractivity contribution in [1.82, 2.24) is 15.1 Å². The van der Waals surface area contributed by atoms with Gasteiger partial charge in [0.1, 0.15) is 5.75 Å². The first-order valence-corrected chi connectivity index (χ1v) is 9.98. The number of hydrogen-bond acceptors (Lipinski definition) is 5. The minimum Gasteiger partial charge on any atom is -0.496 e. The van der Waals surface area contributed by atoms with E-state index in [0.717, 1.165) is 50.5 Å². The Hall–Kier alpha value is -1.89. The molecule has 1 fully saturated rings. The van der Waals surface area contributed by atoms with E-state index >= 15 is 0 Å². The van der Waals surface area contributed by atoms with Gasteiger partial charge in [-0.05, 0) is 29.5 Å². The first-order valence-electron chi connectivity index (χ1n) is 9.10. The zero-order valence-electron chi connectivity index (χ0n) is 15.3. The molecule has 0 bridgehead atoms. The largest absolute Gasteiger partial charge is 0.496 e. The SMILES string of the molecule is COc1ccccc1CCNC(=O)CN1CCN(Cc2cccs2)CC1. The molecule has 1 aromatic heterocycles. The van der Waals surface area contributed by atoms with Crippen molar-refractivity contribution in [2.45, 2.75) is 13.0 Å². The van der Waals surface area contributed by atoms with E-state index < -0.39 is 0 Å². The lowest BCUT2D eigenvalue weighted by molar-refractivity contribution is -0.122. The van der Waals surface area contributed by atoms with E-state index in [-0.39, 0.29) is 5.91 Å². The van der Waals surface area contributed by atoms with E-state index in [4.69, 9.17) is 4.74 Å². The van der Waals surface area contributed by atoms with Gasteiger partial charge < -0.3 is 10.1 Å². The third-order valence-corrected chi connectivity index (χ3v) is 5.56. The fourth-order valence-corrected chi connectivity index (χ4v) is 3.98. The summed E-state index contributed by atoms with van der Waals surface area (Å²) in [7, 11) is 1.68. The number of nitrogens with one attached hydrogen (secondary N) is 1. The Morgan fingerprint density at radius 3 is 2.62 bits per heavy atom. The molecule has 140 valence electrons. The molecule has 2 aromatic rings. The fourth-order valence-electron chi connectivity index (χ4n) is 3.23. The van der Waals surface area contributed by atoms with E-state index in [9.17, 15) is 4.79 Å². The summed E-state index contributed by atoms with van der Waals surface area (Å²) in [6.07, 6.45) is 0.782. The number of carbonyl (C=O) groups excluding carboxylic acids is 1. The van der Waals surface area contributed by atoms with Gasteiger partial charge in [0.2, 0.25) is 5.91 Å². The van der Waals surface area contributed by atoms with Gasteiger partial charge in [-0.3, -0.25) is 14.6 Å². The number of benzene rings is 1. The number of nitrogens with zero attached hydrogens (tertiary/aromatic N) is 2. The second-order valence-electron chi connectivity index (χ2n) is 6.54. The molecule has 26 heavy (non-hydrogen) atoms. The van der Waals surface area contributed by atoms with Crippen molar-refractivity contribution >= 4 is 17.2 Å². The molecule has 0 atom stereocenters. The van der Waals surface area contributed by atoms with Crippen molar-refractivity contribution in [2.24, 2.45) is 0 Å². The summed E-state index contributed by atoms with van der Waals surface area (Å²) in [5, 5.41) is 5.16. The van der Waals surface area contributed by atoms with Crippen LogP contribution in [0, 0.1) is 0 Å². The minimum atomic E-state index is 0.103. The Kier molecular flexibility index (Phi) is 7.05. The highest BCUT2D eigenvalue weighted by atomic mass is 32.1. The van der Waals surface area contributed by atoms with Crippen molar-refractivity contribution in [3.8, 4) is 5.75 Å². The summed E-state index contributed by atoms with van der Waals surface area (Å²) >= 11 is 1.81. The Balaban J connectivity index is 1.34. The number of carbonyl (C=O) groups is 1. The van der Waals surface area contributed by atoms with Gasteiger partial charge in [0, 0.05) is 44.1 Å². The average Bonchev–Trinajstić information content (AvgIpc) is 3.17. The second kappa shape index (κ2) is 9.71. The molecule has 0 spiro atoms. The van der Waals surface area contributed by atoms with Crippen LogP contribution in [0.15, 0.2) is 41.8 Å². The lowest BCUT2D eigenvalue weighted by Gasteiger charge is -2.34. The molecule has 1 aliphatic rings. The zero-order chi connectivity index (χ0) is 18.2. The number of methoxy groups -OCH3 is 1. The first kappa shape index (κ1) is 18.9. The third-order valence-electron chi connectivity index (χ3n) is 4.70. The maximum absolute atomic E-state index is 12.2. The minimum absolute atomic E-state index is 0.103. The van der Waals surface area contributed by atoms with E-state index in [2.05, 4.69) is 32.6 Å². The van der Waals surface area contributed by atoms with Crippen LogP contribution in [0.25, 0.3) is 0 Å². The second-order valence-corrected chi connectivity index (χ2v) is 7.58. The number of para-hydroxylation sites is 1. The monoisotopic (exact) mass is 373 g/mol. The molecule has 0 radical (unpaired) electrons. The highest BCUT2D eigenvalue weighted by Crippen LogP contribution is 2.17. The molecule has 0 unspecified atom stereocenters.